The molecule has 1 saturated carbocycles. The molecule has 21 heavy (non-hydrogen) atoms. The summed E-state index contributed by atoms with van der Waals surface area (Å²) in [5.74, 6) is 2.86. The lowest BCUT2D eigenvalue weighted by Crippen LogP contribution is -2.43. The Morgan fingerprint density at radius 1 is 1.14 bits per heavy atom. The number of amides is 1. The Balaban J connectivity index is 1.72. The fourth-order valence-electron chi connectivity index (χ4n) is 3.48. The smallest absolute Gasteiger partial charge is 0.222 e. The third-order valence-corrected chi connectivity index (χ3v) is 4.72. The summed E-state index contributed by atoms with van der Waals surface area (Å²) in [7, 11) is 1.84. The molecule has 1 heterocycles. The highest BCUT2D eigenvalue weighted by atomic mass is 16.1. The van der Waals surface area contributed by atoms with Crippen molar-refractivity contribution in [3.63, 3.8) is 0 Å². The molecular formula is C16H30N4O. The van der Waals surface area contributed by atoms with Gasteiger partial charge in [-0.1, -0.05) is 26.7 Å². The molecule has 1 aliphatic heterocycles. The van der Waals surface area contributed by atoms with Gasteiger partial charge in [-0.2, -0.15) is 0 Å². The second-order valence-corrected chi connectivity index (χ2v) is 6.63. The second kappa shape index (κ2) is 7.66. The summed E-state index contributed by atoms with van der Waals surface area (Å²) in [4.78, 5) is 18.3. The summed E-state index contributed by atoms with van der Waals surface area (Å²) in [5, 5.41) is 6.30. The first-order valence-electron chi connectivity index (χ1n) is 8.35. The van der Waals surface area contributed by atoms with Gasteiger partial charge in [-0.05, 0) is 24.7 Å². The van der Waals surface area contributed by atoms with Crippen molar-refractivity contribution in [2.24, 2.45) is 22.7 Å². The lowest BCUT2D eigenvalue weighted by Gasteiger charge is -2.22. The van der Waals surface area contributed by atoms with E-state index in [9.17, 15) is 4.79 Å². The highest BCUT2D eigenvalue weighted by Crippen LogP contribution is 2.35. The molecule has 120 valence electrons. The number of fused-ring (bicyclic) bond motifs is 1. The Kier molecular flexibility index (Phi) is 5.88. The van der Waals surface area contributed by atoms with Crippen molar-refractivity contribution >= 4 is 11.9 Å². The van der Waals surface area contributed by atoms with Gasteiger partial charge in [-0.3, -0.25) is 9.79 Å². The van der Waals surface area contributed by atoms with Crippen molar-refractivity contribution < 1.29 is 4.79 Å². The highest BCUT2D eigenvalue weighted by Gasteiger charge is 2.35. The average Bonchev–Trinajstić information content (AvgIpc) is 2.90. The van der Waals surface area contributed by atoms with E-state index < -0.39 is 0 Å². The maximum Gasteiger partial charge on any atom is 0.222 e. The number of hydrogen-bond donors (Lipinski definition) is 2. The molecular weight excluding hydrogens is 264 g/mol. The minimum atomic E-state index is 0.0472. The summed E-state index contributed by atoms with van der Waals surface area (Å²) in [6.45, 7) is 7.49. The first kappa shape index (κ1) is 16.1. The molecule has 0 radical (unpaired) electrons. The first-order valence-corrected chi connectivity index (χ1v) is 8.35. The van der Waals surface area contributed by atoms with Crippen molar-refractivity contribution in [1.82, 2.24) is 15.5 Å². The maximum atomic E-state index is 11.5. The number of hydrogen-bond acceptors (Lipinski definition) is 2. The molecule has 5 heteroatoms. The summed E-state index contributed by atoms with van der Waals surface area (Å²) < 4.78 is 0. The third-order valence-electron chi connectivity index (χ3n) is 4.72. The summed E-state index contributed by atoms with van der Waals surface area (Å²) in [6, 6.07) is 0. The Morgan fingerprint density at radius 3 is 2.24 bits per heavy atom. The van der Waals surface area contributed by atoms with Crippen molar-refractivity contribution in [2.45, 2.75) is 39.5 Å². The van der Waals surface area contributed by atoms with E-state index in [1.165, 1.54) is 25.7 Å². The van der Waals surface area contributed by atoms with Gasteiger partial charge >= 0.3 is 0 Å². The van der Waals surface area contributed by atoms with E-state index in [4.69, 9.17) is 0 Å². The van der Waals surface area contributed by atoms with Gasteiger partial charge in [0.05, 0.1) is 0 Å². The monoisotopic (exact) mass is 294 g/mol. The minimum Gasteiger partial charge on any atom is -0.354 e. The fourth-order valence-corrected chi connectivity index (χ4v) is 3.48. The second-order valence-electron chi connectivity index (χ2n) is 6.63. The first-order chi connectivity index (χ1) is 10.1. The number of guanidine groups is 1. The predicted octanol–water partition coefficient (Wildman–Crippen LogP) is 1.46. The van der Waals surface area contributed by atoms with Crippen molar-refractivity contribution in [3.05, 3.63) is 0 Å². The van der Waals surface area contributed by atoms with Crippen LogP contribution < -0.4 is 10.6 Å². The average molecular weight is 294 g/mol. The van der Waals surface area contributed by atoms with E-state index in [0.717, 1.165) is 37.4 Å². The summed E-state index contributed by atoms with van der Waals surface area (Å²) in [6.07, 6.45) is 5.54. The van der Waals surface area contributed by atoms with Gasteiger partial charge in [0.25, 0.3) is 0 Å². The van der Waals surface area contributed by atoms with E-state index in [0.29, 0.717) is 6.54 Å². The Labute approximate surface area is 128 Å². The number of rotatable bonds is 4. The molecule has 0 aromatic rings. The molecule has 1 amide bonds. The Hall–Kier alpha value is -1.26. The molecule has 2 unspecified atom stereocenters. The molecule has 1 aliphatic carbocycles. The van der Waals surface area contributed by atoms with Crippen LogP contribution in [0.5, 0.6) is 0 Å². The lowest BCUT2D eigenvalue weighted by molar-refractivity contribution is -0.123. The van der Waals surface area contributed by atoms with Crippen LogP contribution >= 0.6 is 0 Å². The van der Waals surface area contributed by atoms with Gasteiger partial charge in [0.2, 0.25) is 5.91 Å². The molecule has 1 saturated heterocycles. The van der Waals surface area contributed by atoms with Crippen molar-refractivity contribution in [2.75, 3.05) is 33.2 Å². The predicted molar refractivity (Wildman–Crippen MR) is 86.2 cm³/mol. The molecule has 5 nitrogen and oxygen atoms in total. The number of nitrogens with zero attached hydrogens (tertiary/aromatic N) is 2. The number of carbonyl (C=O) groups excluding carboxylic acids is 1. The van der Waals surface area contributed by atoms with Gasteiger partial charge < -0.3 is 15.5 Å². The number of aliphatic imine (C=N–C) groups is 1. The van der Waals surface area contributed by atoms with Gasteiger partial charge in [0.1, 0.15) is 0 Å². The van der Waals surface area contributed by atoms with Crippen LogP contribution in [0.4, 0.5) is 0 Å². The fraction of sp³-hybridized carbons (Fsp3) is 0.875. The Bertz CT molecular complexity index is 366. The zero-order valence-electron chi connectivity index (χ0n) is 13.7. The molecule has 0 bridgehead atoms. The van der Waals surface area contributed by atoms with Crippen LogP contribution in [0.1, 0.15) is 39.5 Å². The van der Waals surface area contributed by atoms with Crippen molar-refractivity contribution in [1.29, 1.82) is 0 Å². The highest BCUT2D eigenvalue weighted by molar-refractivity contribution is 5.80. The van der Waals surface area contributed by atoms with Crippen LogP contribution in [0.3, 0.4) is 0 Å². The SMILES string of the molecule is CN=C(NCCNC(=O)C(C)C)N1CC2CCCCC2C1. The molecule has 0 aromatic carbocycles. The molecule has 0 aromatic heterocycles. The molecule has 2 atom stereocenters. The molecule has 2 N–H and O–H groups in total. The zero-order valence-corrected chi connectivity index (χ0v) is 13.7. The normalized spacial score (nSPS) is 25.9. The summed E-state index contributed by atoms with van der Waals surface area (Å²) >= 11 is 0. The van der Waals surface area contributed by atoms with E-state index in [-0.39, 0.29) is 11.8 Å². The van der Waals surface area contributed by atoms with Crippen molar-refractivity contribution in [3.8, 4) is 0 Å². The van der Waals surface area contributed by atoms with Gasteiger partial charge in [0, 0.05) is 39.1 Å². The van der Waals surface area contributed by atoms with Gasteiger partial charge in [-0.25, -0.2) is 0 Å². The Morgan fingerprint density at radius 2 is 1.71 bits per heavy atom. The minimum absolute atomic E-state index is 0.0472. The quantitative estimate of drug-likeness (QED) is 0.469. The molecule has 2 aliphatic rings. The van der Waals surface area contributed by atoms with Crippen LogP contribution in [0.2, 0.25) is 0 Å². The van der Waals surface area contributed by atoms with Crippen LogP contribution in [0.25, 0.3) is 0 Å². The van der Waals surface area contributed by atoms with Crippen LogP contribution in [0.15, 0.2) is 4.99 Å². The largest absolute Gasteiger partial charge is 0.354 e. The van der Waals surface area contributed by atoms with E-state index in [1.54, 1.807) is 0 Å². The third kappa shape index (κ3) is 4.35. The standard InChI is InChI=1S/C16H30N4O/c1-12(2)15(21)18-8-9-19-16(17-3)20-10-13-6-4-5-7-14(13)11-20/h12-14H,4-11H2,1-3H3,(H,17,19)(H,18,21). The van der Waals surface area contributed by atoms with E-state index in [1.807, 2.05) is 20.9 Å². The van der Waals surface area contributed by atoms with Crippen LogP contribution in [-0.4, -0.2) is 50.0 Å². The lowest BCUT2D eigenvalue weighted by atomic mass is 9.82. The molecule has 0 spiro atoms. The van der Waals surface area contributed by atoms with Gasteiger partial charge in [-0.15, -0.1) is 0 Å². The zero-order chi connectivity index (χ0) is 15.2. The molecule has 2 rings (SSSR count). The van der Waals surface area contributed by atoms with Crippen LogP contribution in [-0.2, 0) is 4.79 Å². The van der Waals surface area contributed by atoms with Crippen LogP contribution in [0, 0.1) is 17.8 Å². The summed E-state index contributed by atoms with van der Waals surface area (Å²) in [5.41, 5.74) is 0. The topological polar surface area (TPSA) is 56.7 Å². The van der Waals surface area contributed by atoms with Gasteiger partial charge in [0.15, 0.2) is 5.96 Å². The number of nitrogens with one attached hydrogen (secondary N) is 2. The molecule has 2 fully saturated rings. The van der Waals surface area contributed by atoms with E-state index in [2.05, 4.69) is 20.5 Å². The van der Waals surface area contributed by atoms with E-state index >= 15 is 0 Å². The maximum absolute atomic E-state index is 11.5. The number of carbonyl (C=O) groups is 1. The number of likely N-dealkylation sites (tertiary alicyclic amines) is 1.